The van der Waals surface area contributed by atoms with Crippen LogP contribution < -0.4 is 4.90 Å². The zero-order valence-electron chi connectivity index (χ0n) is 12.8. The number of piperazine rings is 1. The molecule has 1 aliphatic rings. The van der Waals surface area contributed by atoms with Crippen LogP contribution in [0, 0.1) is 5.95 Å². The lowest BCUT2D eigenvalue weighted by atomic mass is 10.2. The molecule has 0 aliphatic carbocycles. The lowest BCUT2D eigenvalue weighted by Gasteiger charge is -2.35. The molecule has 0 N–H and O–H groups in total. The predicted octanol–water partition coefficient (Wildman–Crippen LogP) is 2.19. The average Bonchev–Trinajstić information content (AvgIpc) is 2.99. The van der Waals surface area contributed by atoms with Crippen LogP contribution in [0.2, 0.25) is 0 Å². The van der Waals surface area contributed by atoms with Gasteiger partial charge in [-0.15, -0.1) is 0 Å². The maximum atomic E-state index is 13.2. The second-order valence-electron chi connectivity index (χ2n) is 5.78. The minimum absolute atomic E-state index is 0.420. The van der Waals surface area contributed by atoms with Gasteiger partial charge in [0.05, 0.1) is 11.7 Å². The lowest BCUT2D eigenvalue weighted by Crippen LogP contribution is -2.46. The summed E-state index contributed by atoms with van der Waals surface area (Å²) in [5.41, 5.74) is 2.39. The molecule has 0 unspecified atom stereocenters. The molecular weight excluding hydrogens is 293 g/mol. The fraction of sp³-hybridized carbons (Fsp3) is 0.294. The molecule has 1 saturated heterocycles. The van der Waals surface area contributed by atoms with Crippen LogP contribution in [0.25, 0.3) is 5.52 Å². The van der Waals surface area contributed by atoms with Gasteiger partial charge in [-0.2, -0.15) is 9.49 Å². The highest BCUT2D eigenvalue weighted by Crippen LogP contribution is 2.17. The second kappa shape index (κ2) is 5.96. The highest BCUT2D eigenvalue weighted by Gasteiger charge is 2.19. The van der Waals surface area contributed by atoms with Gasteiger partial charge in [0.2, 0.25) is 5.95 Å². The zero-order chi connectivity index (χ0) is 15.6. The number of anilines is 1. The Bertz CT molecular complexity index is 807. The number of rotatable bonds is 3. The van der Waals surface area contributed by atoms with E-state index in [1.165, 1.54) is 11.6 Å². The third kappa shape index (κ3) is 2.90. The fourth-order valence-electron chi connectivity index (χ4n) is 3.06. The summed E-state index contributed by atoms with van der Waals surface area (Å²) >= 11 is 0. The molecule has 0 bridgehead atoms. The smallest absolute Gasteiger partial charge is 0.214 e. The van der Waals surface area contributed by atoms with Crippen molar-refractivity contribution >= 4 is 11.3 Å². The first-order chi connectivity index (χ1) is 11.3. The molecule has 4 heterocycles. The van der Waals surface area contributed by atoms with E-state index in [-0.39, 0.29) is 0 Å². The summed E-state index contributed by atoms with van der Waals surface area (Å²) in [5, 5.41) is 4.38. The van der Waals surface area contributed by atoms with Crippen molar-refractivity contribution in [2.45, 2.75) is 6.54 Å². The van der Waals surface area contributed by atoms with Gasteiger partial charge in [0.15, 0.2) is 0 Å². The Morgan fingerprint density at radius 1 is 1.00 bits per heavy atom. The maximum absolute atomic E-state index is 13.2. The fourth-order valence-corrected chi connectivity index (χ4v) is 3.06. The lowest BCUT2D eigenvalue weighted by molar-refractivity contribution is 0.250. The molecule has 0 saturated carbocycles. The maximum Gasteiger partial charge on any atom is 0.214 e. The van der Waals surface area contributed by atoms with Gasteiger partial charge in [0, 0.05) is 44.5 Å². The van der Waals surface area contributed by atoms with Crippen molar-refractivity contribution in [3.8, 4) is 0 Å². The van der Waals surface area contributed by atoms with Crippen molar-refractivity contribution in [3.05, 3.63) is 60.3 Å². The number of halogens is 1. The van der Waals surface area contributed by atoms with Crippen molar-refractivity contribution in [3.63, 3.8) is 0 Å². The first kappa shape index (κ1) is 14.1. The van der Waals surface area contributed by atoms with E-state index in [2.05, 4.69) is 25.9 Å². The zero-order valence-corrected chi connectivity index (χ0v) is 12.8. The van der Waals surface area contributed by atoms with Crippen LogP contribution >= 0.6 is 0 Å². The van der Waals surface area contributed by atoms with E-state index in [1.807, 2.05) is 35.1 Å². The molecule has 118 valence electrons. The summed E-state index contributed by atoms with van der Waals surface area (Å²) in [6.07, 6.45) is 3.90. The minimum atomic E-state index is -0.420. The van der Waals surface area contributed by atoms with Crippen molar-refractivity contribution < 1.29 is 4.39 Å². The van der Waals surface area contributed by atoms with Crippen LogP contribution in [0.3, 0.4) is 0 Å². The van der Waals surface area contributed by atoms with Gasteiger partial charge in [0.1, 0.15) is 5.82 Å². The minimum Gasteiger partial charge on any atom is -0.354 e. The molecule has 0 amide bonds. The summed E-state index contributed by atoms with van der Waals surface area (Å²) in [6.45, 7) is 4.47. The summed E-state index contributed by atoms with van der Waals surface area (Å²) < 4.78 is 15.1. The largest absolute Gasteiger partial charge is 0.354 e. The Kier molecular flexibility index (Phi) is 3.67. The SMILES string of the molecule is Fc1cccc(N2CCN(Cc3cnn4ccccc34)CC2)n1. The molecule has 0 aromatic carbocycles. The monoisotopic (exact) mass is 311 g/mol. The quantitative estimate of drug-likeness (QED) is 0.695. The highest BCUT2D eigenvalue weighted by molar-refractivity contribution is 5.53. The van der Waals surface area contributed by atoms with Crippen LogP contribution in [0.1, 0.15) is 5.56 Å². The summed E-state index contributed by atoms with van der Waals surface area (Å²) in [7, 11) is 0. The van der Waals surface area contributed by atoms with Crippen LogP contribution in [0.4, 0.5) is 10.2 Å². The van der Waals surface area contributed by atoms with E-state index in [4.69, 9.17) is 0 Å². The molecule has 5 nitrogen and oxygen atoms in total. The molecule has 3 aromatic heterocycles. The van der Waals surface area contributed by atoms with E-state index >= 15 is 0 Å². The van der Waals surface area contributed by atoms with Crippen molar-refractivity contribution in [1.82, 2.24) is 19.5 Å². The number of nitrogens with zero attached hydrogens (tertiary/aromatic N) is 5. The first-order valence-electron chi connectivity index (χ1n) is 7.81. The van der Waals surface area contributed by atoms with Crippen molar-refractivity contribution in [2.24, 2.45) is 0 Å². The van der Waals surface area contributed by atoms with Gasteiger partial charge < -0.3 is 4.90 Å². The molecule has 1 fully saturated rings. The Labute approximate surface area is 134 Å². The molecule has 6 heteroatoms. The third-order valence-corrected chi connectivity index (χ3v) is 4.30. The van der Waals surface area contributed by atoms with E-state index < -0.39 is 5.95 Å². The summed E-state index contributed by atoms with van der Waals surface area (Å²) in [4.78, 5) is 8.50. The van der Waals surface area contributed by atoms with Crippen molar-refractivity contribution in [2.75, 3.05) is 31.1 Å². The van der Waals surface area contributed by atoms with E-state index in [0.717, 1.165) is 44.1 Å². The third-order valence-electron chi connectivity index (χ3n) is 4.30. The predicted molar refractivity (Wildman–Crippen MR) is 86.9 cm³/mol. The first-order valence-corrected chi connectivity index (χ1v) is 7.81. The Hall–Kier alpha value is -2.47. The highest BCUT2D eigenvalue weighted by atomic mass is 19.1. The number of pyridine rings is 2. The van der Waals surface area contributed by atoms with Gasteiger partial charge >= 0.3 is 0 Å². The summed E-state index contributed by atoms with van der Waals surface area (Å²) in [5.74, 6) is 0.303. The molecule has 0 radical (unpaired) electrons. The molecule has 1 aliphatic heterocycles. The van der Waals surface area contributed by atoms with Crippen LogP contribution in [0.15, 0.2) is 48.8 Å². The van der Waals surface area contributed by atoms with Crippen LogP contribution in [0.5, 0.6) is 0 Å². The molecule has 23 heavy (non-hydrogen) atoms. The van der Waals surface area contributed by atoms with Gasteiger partial charge in [-0.3, -0.25) is 4.90 Å². The molecule has 4 rings (SSSR count). The standard InChI is InChI=1S/C17H18FN5/c18-16-5-3-6-17(20-16)22-10-8-21(9-11-22)13-14-12-19-23-7-2-1-4-15(14)23/h1-7,12H,8-11,13H2. The van der Waals surface area contributed by atoms with Crippen LogP contribution in [-0.4, -0.2) is 45.7 Å². The summed E-state index contributed by atoms with van der Waals surface area (Å²) in [6, 6.07) is 11.1. The number of hydrogen-bond donors (Lipinski definition) is 0. The normalized spacial score (nSPS) is 16.1. The second-order valence-corrected chi connectivity index (χ2v) is 5.78. The van der Waals surface area contributed by atoms with Gasteiger partial charge in [-0.05, 0) is 24.3 Å². The molecule has 3 aromatic rings. The molecular formula is C17H18FN5. The average molecular weight is 311 g/mol. The Morgan fingerprint density at radius 2 is 1.87 bits per heavy atom. The Morgan fingerprint density at radius 3 is 2.70 bits per heavy atom. The molecule has 0 spiro atoms. The van der Waals surface area contributed by atoms with Crippen LogP contribution in [-0.2, 0) is 6.54 Å². The molecule has 0 atom stereocenters. The number of aromatic nitrogens is 3. The number of hydrogen-bond acceptors (Lipinski definition) is 4. The van der Waals surface area contributed by atoms with E-state index in [9.17, 15) is 4.39 Å². The van der Waals surface area contributed by atoms with Crippen molar-refractivity contribution in [1.29, 1.82) is 0 Å². The van der Waals surface area contributed by atoms with E-state index in [1.54, 1.807) is 6.07 Å². The van der Waals surface area contributed by atoms with Gasteiger partial charge in [-0.25, -0.2) is 9.50 Å². The number of fused-ring (bicyclic) bond motifs is 1. The van der Waals surface area contributed by atoms with E-state index in [0.29, 0.717) is 0 Å². The van der Waals surface area contributed by atoms with Gasteiger partial charge in [-0.1, -0.05) is 12.1 Å². The topological polar surface area (TPSA) is 36.7 Å². The van der Waals surface area contributed by atoms with Gasteiger partial charge in [0.25, 0.3) is 0 Å². The Balaban J connectivity index is 1.42.